The molecule has 23 heavy (non-hydrogen) atoms. The minimum absolute atomic E-state index is 0.818. The molecule has 0 aromatic carbocycles. The molecule has 3 nitrogen and oxygen atoms in total. The predicted molar refractivity (Wildman–Crippen MR) is 103 cm³/mol. The van der Waals surface area contributed by atoms with Gasteiger partial charge in [0.05, 0.1) is 12.4 Å². The van der Waals surface area contributed by atoms with E-state index >= 15 is 0 Å². The zero-order valence-corrected chi connectivity index (χ0v) is 15.7. The van der Waals surface area contributed by atoms with Gasteiger partial charge in [-0.15, -0.1) is 0 Å². The van der Waals surface area contributed by atoms with Gasteiger partial charge < -0.3 is 10.6 Å². The largest absolute Gasteiger partial charge is 0.359 e. The fourth-order valence-corrected chi connectivity index (χ4v) is 3.40. The Morgan fingerprint density at radius 1 is 0.826 bits per heavy atom. The molecule has 0 spiro atoms. The summed E-state index contributed by atoms with van der Waals surface area (Å²) in [7, 11) is 0. The van der Waals surface area contributed by atoms with Crippen LogP contribution >= 0.6 is 0 Å². The topological polar surface area (TPSA) is 41.6 Å². The number of rotatable bonds is 16. The van der Waals surface area contributed by atoms with E-state index in [0.717, 1.165) is 32.6 Å². The van der Waals surface area contributed by atoms with Crippen molar-refractivity contribution in [1.29, 1.82) is 0 Å². The molecule has 0 aromatic rings. The average molecular weight is 324 g/mol. The summed E-state index contributed by atoms with van der Waals surface area (Å²) in [4.78, 5) is 7.18. The summed E-state index contributed by atoms with van der Waals surface area (Å²) >= 11 is 0. The Morgan fingerprint density at radius 2 is 1.43 bits per heavy atom. The molecule has 0 atom stereocenters. The Hall–Kier alpha value is -0.570. The quantitative estimate of drug-likeness (QED) is 0.400. The second kappa shape index (κ2) is 15.0. The lowest BCUT2D eigenvalue weighted by atomic mass is 10.1. The number of nitrogens with two attached hydrogens (primary N) is 1. The molecule has 136 valence electrons. The van der Waals surface area contributed by atoms with Crippen LogP contribution in [0.5, 0.6) is 0 Å². The van der Waals surface area contributed by atoms with Crippen LogP contribution in [0.15, 0.2) is 4.99 Å². The van der Waals surface area contributed by atoms with E-state index in [1.165, 1.54) is 89.3 Å². The first-order valence-electron chi connectivity index (χ1n) is 10.4. The molecule has 1 rings (SSSR count). The van der Waals surface area contributed by atoms with Crippen LogP contribution in [-0.2, 0) is 0 Å². The van der Waals surface area contributed by atoms with Gasteiger partial charge in [0.2, 0.25) is 0 Å². The molecule has 0 saturated heterocycles. The Kier molecular flexibility index (Phi) is 13.3. The maximum Gasteiger partial charge on any atom is 0.0990 e. The standard InChI is InChI=1S/C20H41N3/c1-2-3-4-5-6-7-8-9-10-11-12-15-20-22-17-19-23(20)18-14-13-16-21/h2-19,21H2,1H3. The van der Waals surface area contributed by atoms with E-state index in [4.69, 9.17) is 5.73 Å². The Balaban J connectivity index is 1.88. The smallest absolute Gasteiger partial charge is 0.0990 e. The number of hydrogen-bond donors (Lipinski definition) is 1. The van der Waals surface area contributed by atoms with E-state index < -0.39 is 0 Å². The maximum absolute atomic E-state index is 5.58. The molecule has 0 bridgehead atoms. The molecule has 0 saturated carbocycles. The second-order valence-corrected chi connectivity index (χ2v) is 7.07. The lowest BCUT2D eigenvalue weighted by Gasteiger charge is -2.20. The van der Waals surface area contributed by atoms with Crippen molar-refractivity contribution in [2.75, 3.05) is 26.2 Å². The summed E-state index contributed by atoms with van der Waals surface area (Å²) < 4.78 is 0. The molecular weight excluding hydrogens is 282 g/mol. The van der Waals surface area contributed by atoms with Crippen LogP contribution in [0.2, 0.25) is 0 Å². The summed E-state index contributed by atoms with van der Waals surface area (Å²) in [5.74, 6) is 1.37. The van der Waals surface area contributed by atoms with Gasteiger partial charge in [-0.25, -0.2) is 0 Å². The van der Waals surface area contributed by atoms with Crippen molar-refractivity contribution in [3.05, 3.63) is 0 Å². The zero-order valence-electron chi connectivity index (χ0n) is 15.7. The monoisotopic (exact) mass is 323 g/mol. The third-order valence-electron chi connectivity index (χ3n) is 4.92. The van der Waals surface area contributed by atoms with Crippen molar-refractivity contribution in [3.8, 4) is 0 Å². The first-order valence-corrected chi connectivity index (χ1v) is 10.4. The first kappa shape index (κ1) is 20.5. The summed E-state index contributed by atoms with van der Waals surface area (Å²) in [5.41, 5.74) is 5.58. The van der Waals surface area contributed by atoms with Gasteiger partial charge in [0.25, 0.3) is 0 Å². The van der Waals surface area contributed by atoms with Crippen LogP contribution in [0.3, 0.4) is 0 Å². The maximum atomic E-state index is 5.58. The van der Waals surface area contributed by atoms with E-state index in [9.17, 15) is 0 Å². The third-order valence-corrected chi connectivity index (χ3v) is 4.92. The van der Waals surface area contributed by atoms with Crippen molar-refractivity contribution in [2.24, 2.45) is 10.7 Å². The molecule has 1 aliphatic heterocycles. The molecule has 1 aliphatic rings. The highest BCUT2D eigenvalue weighted by Crippen LogP contribution is 2.14. The van der Waals surface area contributed by atoms with Crippen LogP contribution in [-0.4, -0.2) is 36.9 Å². The zero-order chi connectivity index (χ0) is 16.6. The highest BCUT2D eigenvalue weighted by Gasteiger charge is 2.15. The predicted octanol–water partition coefficient (Wildman–Crippen LogP) is 5.14. The van der Waals surface area contributed by atoms with E-state index in [-0.39, 0.29) is 0 Å². The minimum atomic E-state index is 0.818. The number of unbranched alkanes of at least 4 members (excludes halogenated alkanes) is 11. The van der Waals surface area contributed by atoms with Gasteiger partial charge in [-0.3, -0.25) is 4.99 Å². The van der Waals surface area contributed by atoms with Crippen molar-refractivity contribution < 1.29 is 0 Å². The fourth-order valence-electron chi connectivity index (χ4n) is 3.40. The molecule has 0 aromatic heterocycles. The van der Waals surface area contributed by atoms with Gasteiger partial charge in [0, 0.05) is 19.5 Å². The normalized spacial score (nSPS) is 14.5. The van der Waals surface area contributed by atoms with Gasteiger partial charge in [-0.05, 0) is 25.8 Å². The third kappa shape index (κ3) is 10.8. The molecule has 0 radical (unpaired) electrons. The van der Waals surface area contributed by atoms with Crippen LogP contribution in [0.1, 0.15) is 96.8 Å². The van der Waals surface area contributed by atoms with Gasteiger partial charge >= 0.3 is 0 Å². The molecule has 0 aliphatic carbocycles. The van der Waals surface area contributed by atoms with Gasteiger partial charge in [-0.2, -0.15) is 0 Å². The Labute approximate surface area is 145 Å². The SMILES string of the molecule is CCCCCCCCCCCCCC1=NCCN1CCCCN. The van der Waals surface area contributed by atoms with Crippen molar-refractivity contribution in [3.63, 3.8) is 0 Å². The van der Waals surface area contributed by atoms with Crippen molar-refractivity contribution in [2.45, 2.75) is 96.8 Å². The minimum Gasteiger partial charge on any atom is -0.359 e. The van der Waals surface area contributed by atoms with E-state index in [1.54, 1.807) is 0 Å². The molecule has 0 amide bonds. The number of nitrogens with zero attached hydrogens (tertiary/aromatic N) is 2. The Morgan fingerprint density at radius 3 is 2.04 bits per heavy atom. The molecule has 1 heterocycles. The van der Waals surface area contributed by atoms with Gasteiger partial charge in [-0.1, -0.05) is 71.1 Å². The molecule has 0 fully saturated rings. The van der Waals surface area contributed by atoms with E-state index in [0.29, 0.717) is 0 Å². The molecule has 3 heteroatoms. The lowest BCUT2D eigenvalue weighted by Crippen LogP contribution is -2.29. The van der Waals surface area contributed by atoms with Crippen LogP contribution < -0.4 is 5.73 Å². The van der Waals surface area contributed by atoms with Crippen LogP contribution in [0, 0.1) is 0 Å². The van der Waals surface area contributed by atoms with Crippen LogP contribution in [0.25, 0.3) is 0 Å². The lowest BCUT2D eigenvalue weighted by molar-refractivity contribution is 0.430. The number of hydrogen-bond acceptors (Lipinski definition) is 3. The Bertz CT molecular complexity index is 289. The van der Waals surface area contributed by atoms with E-state index in [2.05, 4.69) is 16.8 Å². The van der Waals surface area contributed by atoms with Crippen molar-refractivity contribution in [1.82, 2.24) is 4.90 Å². The molecule has 2 N–H and O–H groups in total. The van der Waals surface area contributed by atoms with E-state index in [1.807, 2.05) is 0 Å². The summed E-state index contributed by atoms with van der Waals surface area (Å²) in [6.07, 6.45) is 19.1. The van der Waals surface area contributed by atoms with Gasteiger partial charge in [0.1, 0.15) is 0 Å². The van der Waals surface area contributed by atoms with Crippen molar-refractivity contribution >= 4 is 5.84 Å². The highest BCUT2D eigenvalue weighted by molar-refractivity contribution is 5.83. The summed E-state index contributed by atoms with van der Waals surface area (Å²) in [6, 6.07) is 0. The first-order chi connectivity index (χ1) is 11.4. The van der Waals surface area contributed by atoms with Crippen LogP contribution in [0.4, 0.5) is 0 Å². The highest BCUT2D eigenvalue weighted by atomic mass is 15.2. The summed E-state index contributed by atoms with van der Waals surface area (Å²) in [5, 5.41) is 0. The summed E-state index contributed by atoms with van der Waals surface area (Å²) in [6.45, 7) is 6.41. The number of aliphatic imine (C=N–C) groups is 1. The number of amidine groups is 1. The fraction of sp³-hybridized carbons (Fsp3) is 0.950. The molecule has 0 unspecified atom stereocenters. The second-order valence-electron chi connectivity index (χ2n) is 7.07. The average Bonchev–Trinajstić information content (AvgIpc) is 3.00. The van der Waals surface area contributed by atoms with Gasteiger partial charge in [0.15, 0.2) is 0 Å². The molecular formula is C20H41N3.